The SMILES string of the molecule is COc1ccccc1-c1nc(C(C)C)c(C(F)c2ccc(C(F)(F)F)cc2)c(-c2ccc(F)cc2)c1CO. The molecule has 0 aliphatic carbocycles. The Morgan fingerprint density at radius 2 is 1.55 bits per heavy atom. The third-order valence-electron chi connectivity index (χ3n) is 6.35. The van der Waals surface area contributed by atoms with Crippen molar-refractivity contribution in [2.75, 3.05) is 7.11 Å². The van der Waals surface area contributed by atoms with Crippen molar-refractivity contribution in [1.29, 1.82) is 0 Å². The van der Waals surface area contributed by atoms with E-state index in [2.05, 4.69) is 0 Å². The highest BCUT2D eigenvalue weighted by Crippen LogP contribution is 2.45. The number of para-hydroxylation sites is 1. The molecule has 0 aliphatic heterocycles. The molecule has 0 amide bonds. The molecule has 1 atom stereocenters. The number of hydrogen-bond acceptors (Lipinski definition) is 3. The lowest BCUT2D eigenvalue weighted by molar-refractivity contribution is -0.137. The minimum atomic E-state index is -4.56. The molecule has 38 heavy (non-hydrogen) atoms. The standard InChI is InChI=1S/C30H26F5NO2/c1-17(2)28-26(27(32)19-8-12-20(13-9-19)30(33,34)35)25(18-10-14-21(31)15-11-18)23(16-37)29(36-28)22-6-4-5-7-24(22)38-3/h4-15,17,27,37H,16H2,1-3H3. The Labute approximate surface area is 217 Å². The van der Waals surface area contributed by atoms with Crippen LogP contribution in [-0.2, 0) is 12.8 Å². The van der Waals surface area contributed by atoms with Crippen LogP contribution in [0.4, 0.5) is 22.0 Å². The van der Waals surface area contributed by atoms with Gasteiger partial charge in [0.25, 0.3) is 0 Å². The molecule has 0 saturated heterocycles. The third-order valence-corrected chi connectivity index (χ3v) is 6.35. The monoisotopic (exact) mass is 527 g/mol. The van der Waals surface area contributed by atoms with Crippen LogP contribution in [0.5, 0.6) is 5.75 Å². The predicted octanol–water partition coefficient (Wildman–Crippen LogP) is 8.26. The van der Waals surface area contributed by atoms with Gasteiger partial charge in [0.2, 0.25) is 0 Å². The fourth-order valence-electron chi connectivity index (χ4n) is 4.52. The van der Waals surface area contributed by atoms with Crippen molar-refractivity contribution in [3.05, 3.63) is 107 Å². The van der Waals surface area contributed by atoms with Crippen LogP contribution >= 0.6 is 0 Å². The van der Waals surface area contributed by atoms with Crippen LogP contribution in [-0.4, -0.2) is 17.2 Å². The molecule has 3 nitrogen and oxygen atoms in total. The number of nitrogens with zero attached hydrogens (tertiary/aromatic N) is 1. The molecule has 0 radical (unpaired) electrons. The lowest BCUT2D eigenvalue weighted by Gasteiger charge is -2.25. The number of aliphatic hydroxyl groups excluding tert-OH is 1. The maximum atomic E-state index is 16.4. The highest BCUT2D eigenvalue weighted by molar-refractivity contribution is 5.82. The van der Waals surface area contributed by atoms with Crippen molar-refractivity contribution in [1.82, 2.24) is 4.98 Å². The lowest BCUT2D eigenvalue weighted by atomic mass is 9.84. The average molecular weight is 528 g/mol. The van der Waals surface area contributed by atoms with Gasteiger partial charge in [-0.1, -0.05) is 50.2 Å². The molecule has 8 heteroatoms. The highest BCUT2D eigenvalue weighted by Gasteiger charge is 2.32. The van der Waals surface area contributed by atoms with Gasteiger partial charge in [-0.15, -0.1) is 0 Å². The van der Waals surface area contributed by atoms with E-state index >= 15 is 4.39 Å². The van der Waals surface area contributed by atoms with Crippen LogP contribution in [0, 0.1) is 5.82 Å². The first-order chi connectivity index (χ1) is 18.1. The molecule has 0 aliphatic rings. The zero-order valence-electron chi connectivity index (χ0n) is 21.0. The van der Waals surface area contributed by atoms with Gasteiger partial charge in [0.1, 0.15) is 11.6 Å². The molecule has 0 bridgehead atoms. The Balaban J connectivity index is 2.06. The molecule has 1 heterocycles. The Bertz CT molecular complexity index is 1410. The van der Waals surface area contributed by atoms with E-state index in [0.29, 0.717) is 33.8 Å². The lowest BCUT2D eigenvalue weighted by Crippen LogP contribution is -2.12. The smallest absolute Gasteiger partial charge is 0.416 e. The zero-order valence-corrected chi connectivity index (χ0v) is 21.0. The summed E-state index contributed by atoms with van der Waals surface area (Å²) in [4.78, 5) is 4.79. The summed E-state index contributed by atoms with van der Waals surface area (Å²) in [6.07, 6.45) is -6.44. The minimum absolute atomic E-state index is 0.000932. The number of pyridine rings is 1. The molecule has 198 valence electrons. The number of rotatable bonds is 7. The van der Waals surface area contributed by atoms with Crippen LogP contribution < -0.4 is 4.74 Å². The Kier molecular flexibility index (Phi) is 7.83. The van der Waals surface area contributed by atoms with Crippen LogP contribution in [0.15, 0.2) is 72.8 Å². The number of aromatic nitrogens is 1. The molecule has 1 aromatic heterocycles. The van der Waals surface area contributed by atoms with Crippen LogP contribution in [0.25, 0.3) is 22.4 Å². The molecule has 0 saturated carbocycles. The number of ether oxygens (including phenoxy) is 1. The van der Waals surface area contributed by atoms with Gasteiger partial charge in [0.05, 0.1) is 30.7 Å². The van der Waals surface area contributed by atoms with Crippen LogP contribution in [0.3, 0.4) is 0 Å². The zero-order chi connectivity index (χ0) is 27.6. The first-order valence-electron chi connectivity index (χ1n) is 11.9. The molecule has 0 spiro atoms. The van der Waals surface area contributed by atoms with Gasteiger partial charge in [0.15, 0.2) is 6.17 Å². The Morgan fingerprint density at radius 3 is 2.11 bits per heavy atom. The summed E-state index contributed by atoms with van der Waals surface area (Å²) < 4.78 is 75.2. The summed E-state index contributed by atoms with van der Waals surface area (Å²) in [7, 11) is 1.50. The van der Waals surface area contributed by atoms with Gasteiger partial charge >= 0.3 is 6.18 Å². The quantitative estimate of drug-likeness (QED) is 0.246. The third kappa shape index (κ3) is 5.27. The fraction of sp³-hybridized carbons (Fsp3) is 0.233. The summed E-state index contributed by atoms with van der Waals surface area (Å²) in [6.45, 7) is 3.12. The molecule has 4 rings (SSSR count). The summed E-state index contributed by atoms with van der Waals surface area (Å²) in [6, 6.07) is 16.3. The van der Waals surface area contributed by atoms with E-state index in [1.165, 1.54) is 31.4 Å². The second-order valence-electron chi connectivity index (χ2n) is 9.12. The number of methoxy groups -OCH3 is 1. The number of hydrogen-bond donors (Lipinski definition) is 1. The summed E-state index contributed by atoms with van der Waals surface area (Å²) >= 11 is 0. The van der Waals surface area contributed by atoms with E-state index in [4.69, 9.17) is 9.72 Å². The summed E-state index contributed by atoms with van der Waals surface area (Å²) in [5, 5.41) is 10.6. The van der Waals surface area contributed by atoms with Gasteiger partial charge in [-0.05, 0) is 59.0 Å². The second-order valence-corrected chi connectivity index (χ2v) is 9.12. The van der Waals surface area contributed by atoms with Gasteiger partial charge in [-0.3, -0.25) is 4.98 Å². The molecule has 3 aromatic carbocycles. The number of halogens is 5. The molecular weight excluding hydrogens is 501 g/mol. The van der Waals surface area contributed by atoms with Crippen LogP contribution in [0.1, 0.15) is 53.9 Å². The highest BCUT2D eigenvalue weighted by atomic mass is 19.4. The van der Waals surface area contributed by atoms with Crippen molar-refractivity contribution in [3.63, 3.8) is 0 Å². The van der Waals surface area contributed by atoms with E-state index in [1.54, 1.807) is 24.3 Å². The van der Waals surface area contributed by atoms with E-state index in [1.807, 2.05) is 13.8 Å². The number of alkyl halides is 4. The van der Waals surface area contributed by atoms with Gasteiger partial charge < -0.3 is 9.84 Å². The number of aliphatic hydroxyl groups is 1. The van der Waals surface area contributed by atoms with E-state index < -0.39 is 30.3 Å². The topological polar surface area (TPSA) is 42.4 Å². The summed E-state index contributed by atoms with van der Waals surface area (Å²) in [5.41, 5.74) is 1.53. The predicted molar refractivity (Wildman–Crippen MR) is 136 cm³/mol. The first-order valence-corrected chi connectivity index (χ1v) is 11.9. The Hall–Kier alpha value is -3.78. The maximum absolute atomic E-state index is 16.4. The average Bonchev–Trinajstić information content (AvgIpc) is 2.91. The van der Waals surface area contributed by atoms with Crippen molar-refractivity contribution in [2.24, 2.45) is 0 Å². The van der Waals surface area contributed by atoms with Crippen molar-refractivity contribution in [3.8, 4) is 28.1 Å². The summed E-state index contributed by atoms with van der Waals surface area (Å²) in [5.74, 6) is -0.316. The van der Waals surface area contributed by atoms with Gasteiger partial charge in [-0.25, -0.2) is 8.78 Å². The Morgan fingerprint density at radius 1 is 0.921 bits per heavy atom. The molecule has 1 unspecified atom stereocenters. The van der Waals surface area contributed by atoms with Crippen molar-refractivity contribution < 1.29 is 31.8 Å². The van der Waals surface area contributed by atoms with Crippen LogP contribution in [0.2, 0.25) is 0 Å². The molecule has 4 aromatic rings. The molecule has 0 fully saturated rings. The van der Waals surface area contributed by atoms with E-state index in [9.17, 15) is 22.7 Å². The fourth-order valence-corrected chi connectivity index (χ4v) is 4.52. The van der Waals surface area contributed by atoms with Crippen molar-refractivity contribution in [2.45, 2.75) is 38.7 Å². The van der Waals surface area contributed by atoms with E-state index in [0.717, 1.165) is 24.3 Å². The minimum Gasteiger partial charge on any atom is -0.496 e. The second kappa shape index (κ2) is 10.9. The first kappa shape index (κ1) is 27.3. The maximum Gasteiger partial charge on any atom is 0.416 e. The van der Waals surface area contributed by atoms with Crippen molar-refractivity contribution >= 4 is 0 Å². The van der Waals surface area contributed by atoms with Gasteiger partial charge in [0, 0.05) is 16.7 Å². The molecule has 1 N–H and O–H groups in total. The molecular formula is C30H26F5NO2. The number of benzene rings is 3. The normalized spacial score (nSPS) is 12.6. The largest absolute Gasteiger partial charge is 0.496 e. The van der Waals surface area contributed by atoms with E-state index in [-0.39, 0.29) is 22.6 Å². The van der Waals surface area contributed by atoms with Gasteiger partial charge in [-0.2, -0.15) is 13.2 Å².